The van der Waals surface area contributed by atoms with Gasteiger partial charge in [0.1, 0.15) is 5.82 Å². The van der Waals surface area contributed by atoms with Crippen molar-refractivity contribution in [1.82, 2.24) is 0 Å². The molecule has 4 N–H and O–H groups in total. The van der Waals surface area contributed by atoms with Gasteiger partial charge in [-0.05, 0) is 36.4 Å². The Balaban J connectivity index is 2.46. The van der Waals surface area contributed by atoms with Gasteiger partial charge in [0.05, 0.1) is 16.1 Å². The van der Waals surface area contributed by atoms with Crippen molar-refractivity contribution in [3.8, 4) is 0 Å². The van der Waals surface area contributed by atoms with Crippen molar-refractivity contribution >= 4 is 27.4 Å². The molecule has 8 heteroatoms. The van der Waals surface area contributed by atoms with Gasteiger partial charge in [0, 0.05) is 5.69 Å². The Morgan fingerprint density at radius 2 is 1.90 bits per heavy atom. The van der Waals surface area contributed by atoms with Crippen LogP contribution < -0.4 is 10.5 Å². The van der Waals surface area contributed by atoms with Gasteiger partial charge in [0.25, 0.3) is 10.0 Å². The maximum absolute atomic E-state index is 13.1. The molecule has 0 heterocycles. The van der Waals surface area contributed by atoms with Crippen LogP contribution in [0, 0.1) is 5.82 Å². The summed E-state index contributed by atoms with van der Waals surface area (Å²) >= 11 is 0. The van der Waals surface area contributed by atoms with Crippen molar-refractivity contribution in [2.45, 2.75) is 4.90 Å². The second-order valence-corrected chi connectivity index (χ2v) is 5.86. The molecule has 0 saturated heterocycles. The molecule has 0 atom stereocenters. The Bertz CT molecular complexity index is 806. The fourth-order valence-electron chi connectivity index (χ4n) is 1.67. The summed E-state index contributed by atoms with van der Waals surface area (Å²) in [4.78, 5) is 10.8. The van der Waals surface area contributed by atoms with Crippen molar-refractivity contribution in [2.24, 2.45) is 0 Å². The van der Waals surface area contributed by atoms with Crippen LogP contribution in [0.4, 0.5) is 15.8 Å². The van der Waals surface area contributed by atoms with Crippen LogP contribution in [0.15, 0.2) is 47.4 Å². The molecule has 0 amide bonds. The summed E-state index contributed by atoms with van der Waals surface area (Å²) in [5.41, 5.74) is 5.26. The number of nitrogens with one attached hydrogen (secondary N) is 1. The molecule has 0 aliphatic heterocycles. The second kappa shape index (κ2) is 5.41. The number of nitrogen functional groups attached to an aromatic ring is 1. The Labute approximate surface area is 120 Å². The predicted octanol–water partition coefficient (Wildman–Crippen LogP) is 1.91. The Hall–Kier alpha value is -2.61. The third kappa shape index (κ3) is 3.29. The highest BCUT2D eigenvalue weighted by molar-refractivity contribution is 7.92. The monoisotopic (exact) mass is 310 g/mol. The predicted molar refractivity (Wildman–Crippen MR) is 75.0 cm³/mol. The van der Waals surface area contributed by atoms with Crippen molar-refractivity contribution in [1.29, 1.82) is 0 Å². The average Bonchev–Trinajstić information content (AvgIpc) is 2.38. The summed E-state index contributed by atoms with van der Waals surface area (Å²) < 4.78 is 39.5. The minimum Gasteiger partial charge on any atom is -0.478 e. The van der Waals surface area contributed by atoms with E-state index >= 15 is 0 Å². The average molecular weight is 310 g/mol. The van der Waals surface area contributed by atoms with E-state index in [2.05, 4.69) is 4.72 Å². The fraction of sp³-hybridized carbons (Fsp3) is 0. The van der Waals surface area contributed by atoms with Crippen molar-refractivity contribution in [3.05, 3.63) is 53.8 Å². The summed E-state index contributed by atoms with van der Waals surface area (Å²) in [6.45, 7) is 0. The summed E-state index contributed by atoms with van der Waals surface area (Å²) in [6, 6.07) is 8.06. The number of hydrogen-bond acceptors (Lipinski definition) is 4. The lowest BCUT2D eigenvalue weighted by Crippen LogP contribution is -2.16. The van der Waals surface area contributed by atoms with E-state index in [1.54, 1.807) is 0 Å². The number of carboxylic acids is 1. The molecule has 2 aromatic carbocycles. The van der Waals surface area contributed by atoms with Gasteiger partial charge in [-0.3, -0.25) is 4.72 Å². The zero-order valence-corrected chi connectivity index (χ0v) is 11.4. The van der Waals surface area contributed by atoms with E-state index in [4.69, 9.17) is 10.8 Å². The first-order chi connectivity index (χ1) is 9.79. The molecule has 0 fully saturated rings. The number of anilines is 2. The molecule has 0 aliphatic carbocycles. The zero-order valence-electron chi connectivity index (χ0n) is 10.6. The molecule has 0 unspecified atom stereocenters. The van der Waals surface area contributed by atoms with Crippen molar-refractivity contribution in [2.75, 3.05) is 10.5 Å². The number of aromatic carboxylic acids is 1. The number of benzene rings is 2. The van der Waals surface area contributed by atoms with Crippen LogP contribution >= 0.6 is 0 Å². The van der Waals surface area contributed by atoms with Gasteiger partial charge >= 0.3 is 5.97 Å². The Morgan fingerprint density at radius 1 is 1.19 bits per heavy atom. The number of carboxylic acid groups (broad SMARTS) is 1. The molecule has 0 bridgehead atoms. The summed E-state index contributed by atoms with van der Waals surface area (Å²) in [5.74, 6) is -2.03. The zero-order chi connectivity index (χ0) is 15.6. The second-order valence-electron chi connectivity index (χ2n) is 4.17. The van der Waals surface area contributed by atoms with Gasteiger partial charge in [-0.15, -0.1) is 0 Å². The molecule has 110 valence electrons. The molecular weight excluding hydrogens is 299 g/mol. The fourth-order valence-corrected chi connectivity index (χ4v) is 2.77. The topological polar surface area (TPSA) is 109 Å². The van der Waals surface area contributed by atoms with Gasteiger partial charge in [-0.25, -0.2) is 17.6 Å². The van der Waals surface area contributed by atoms with E-state index in [9.17, 15) is 17.6 Å². The maximum atomic E-state index is 13.1. The van der Waals surface area contributed by atoms with Crippen LogP contribution in [0.3, 0.4) is 0 Å². The summed E-state index contributed by atoms with van der Waals surface area (Å²) in [5, 5.41) is 9.03. The van der Waals surface area contributed by atoms with E-state index in [1.165, 1.54) is 30.3 Å². The third-order valence-corrected chi connectivity index (χ3v) is 3.99. The number of halogens is 1. The summed E-state index contributed by atoms with van der Waals surface area (Å²) in [7, 11) is -4.12. The van der Waals surface area contributed by atoms with Gasteiger partial charge in [-0.1, -0.05) is 6.07 Å². The van der Waals surface area contributed by atoms with Crippen LogP contribution in [-0.2, 0) is 10.0 Å². The van der Waals surface area contributed by atoms with Crippen molar-refractivity contribution < 1.29 is 22.7 Å². The normalized spacial score (nSPS) is 11.1. The van der Waals surface area contributed by atoms with E-state index in [-0.39, 0.29) is 21.8 Å². The lowest BCUT2D eigenvalue weighted by Gasteiger charge is -2.11. The third-order valence-electron chi connectivity index (χ3n) is 2.62. The van der Waals surface area contributed by atoms with E-state index in [0.29, 0.717) is 0 Å². The quantitative estimate of drug-likeness (QED) is 0.747. The number of carbonyl (C=O) groups is 1. The molecule has 0 spiro atoms. The molecule has 0 aliphatic rings. The van der Waals surface area contributed by atoms with E-state index < -0.39 is 21.8 Å². The van der Waals surface area contributed by atoms with Gasteiger partial charge in [0.2, 0.25) is 0 Å². The number of hydrogen-bond donors (Lipinski definition) is 3. The van der Waals surface area contributed by atoms with E-state index in [0.717, 1.165) is 12.1 Å². The molecular formula is C13H11FN2O4S. The number of sulfonamides is 1. The Morgan fingerprint density at radius 3 is 2.52 bits per heavy atom. The van der Waals surface area contributed by atoms with Gasteiger partial charge in [-0.2, -0.15) is 0 Å². The van der Waals surface area contributed by atoms with Crippen molar-refractivity contribution in [3.63, 3.8) is 0 Å². The molecule has 0 saturated carbocycles. The van der Waals surface area contributed by atoms with Gasteiger partial charge in [0.15, 0.2) is 0 Å². The maximum Gasteiger partial charge on any atom is 0.337 e. The molecule has 21 heavy (non-hydrogen) atoms. The number of rotatable bonds is 4. The molecule has 2 aromatic rings. The first kappa shape index (κ1) is 14.8. The van der Waals surface area contributed by atoms with Crippen LogP contribution in [0.25, 0.3) is 0 Å². The SMILES string of the molecule is Nc1ccc(C(=O)O)c(NS(=O)(=O)c2cccc(F)c2)c1. The first-order valence-corrected chi connectivity index (χ1v) is 7.19. The van der Waals surface area contributed by atoms with Crippen LogP contribution in [0.5, 0.6) is 0 Å². The summed E-state index contributed by atoms with van der Waals surface area (Å²) in [6.07, 6.45) is 0. The molecule has 0 aromatic heterocycles. The smallest absolute Gasteiger partial charge is 0.337 e. The minimum atomic E-state index is -4.12. The lowest BCUT2D eigenvalue weighted by molar-refractivity contribution is 0.0698. The highest BCUT2D eigenvalue weighted by Gasteiger charge is 2.19. The van der Waals surface area contributed by atoms with Crippen LogP contribution in [0.1, 0.15) is 10.4 Å². The van der Waals surface area contributed by atoms with Gasteiger partial charge < -0.3 is 10.8 Å². The van der Waals surface area contributed by atoms with Crippen LogP contribution in [0.2, 0.25) is 0 Å². The Kier molecular flexibility index (Phi) is 3.81. The number of nitrogens with two attached hydrogens (primary N) is 1. The lowest BCUT2D eigenvalue weighted by atomic mass is 10.1. The highest BCUT2D eigenvalue weighted by atomic mass is 32.2. The van der Waals surface area contributed by atoms with E-state index in [1.807, 2.05) is 0 Å². The highest BCUT2D eigenvalue weighted by Crippen LogP contribution is 2.23. The largest absolute Gasteiger partial charge is 0.478 e. The molecule has 2 rings (SSSR count). The minimum absolute atomic E-state index is 0.188. The molecule has 6 nitrogen and oxygen atoms in total. The molecule has 0 radical (unpaired) electrons. The first-order valence-electron chi connectivity index (χ1n) is 5.71. The standard InChI is InChI=1S/C13H11FN2O4S/c14-8-2-1-3-10(6-8)21(19,20)16-12-7-9(15)4-5-11(12)13(17)18/h1-7,16H,15H2,(H,17,18). The van der Waals surface area contributed by atoms with Crippen LogP contribution in [-0.4, -0.2) is 19.5 Å².